The molecule has 2 aromatic carbocycles. The quantitative estimate of drug-likeness (QED) is 0.758. The lowest BCUT2D eigenvalue weighted by Gasteiger charge is -2.07. The van der Waals surface area contributed by atoms with Gasteiger partial charge >= 0.3 is 0 Å². The van der Waals surface area contributed by atoms with E-state index in [0.717, 1.165) is 9.13 Å². The number of benzene rings is 2. The average molecular weight is 388 g/mol. The first kappa shape index (κ1) is 14.1. The highest BCUT2D eigenvalue weighted by molar-refractivity contribution is 14.1. The highest BCUT2D eigenvalue weighted by Crippen LogP contribution is 2.23. The smallest absolute Gasteiger partial charge is 0.255 e. The molecule has 0 fully saturated rings. The number of amides is 1. The third-order valence-corrected chi connectivity index (χ3v) is 4.22. The van der Waals surface area contributed by atoms with E-state index in [9.17, 15) is 9.90 Å². The van der Waals surface area contributed by atoms with Gasteiger partial charge in [0.05, 0.1) is 5.02 Å². The molecule has 0 aliphatic carbocycles. The second-order valence-electron chi connectivity index (χ2n) is 4.08. The van der Waals surface area contributed by atoms with Crippen LogP contribution in [-0.2, 0) is 0 Å². The molecule has 0 radical (unpaired) electrons. The van der Waals surface area contributed by atoms with Crippen molar-refractivity contribution in [3.8, 4) is 5.75 Å². The van der Waals surface area contributed by atoms with Crippen molar-refractivity contribution in [2.24, 2.45) is 0 Å². The molecule has 0 aromatic heterocycles. The van der Waals surface area contributed by atoms with Crippen LogP contribution in [0.1, 0.15) is 15.9 Å². The van der Waals surface area contributed by atoms with Gasteiger partial charge in [-0.15, -0.1) is 0 Å². The average Bonchev–Trinajstić information content (AvgIpc) is 2.37. The Labute approximate surface area is 129 Å². The van der Waals surface area contributed by atoms with Crippen LogP contribution in [0.3, 0.4) is 0 Å². The molecule has 0 heterocycles. The first-order chi connectivity index (χ1) is 8.97. The van der Waals surface area contributed by atoms with E-state index in [1.807, 2.05) is 0 Å². The molecule has 3 nitrogen and oxygen atoms in total. The summed E-state index contributed by atoms with van der Waals surface area (Å²) in [6.07, 6.45) is 0. The zero-order chi connectivity index (χ0) is 14.0. The predicted molar refractivity (Wildman–Crippen MR) is 85.0 cm³/mol. The number of halogens is 2. The van der Waals surface area contributed by atoms with Crippen LogP contribution in [0.15, 0.2) is 36.4 Å². The molecule has 2 rings (SSSR count). The number of phenolic OH excluding ortho intramolecular Hbond substituents is 1. The van der Waals surface area contributed by atoms with Gasteiger partial charge in [-0.3, -0.25) is 4.79 Å². The number of carbonyl (C=O) groups excluding carboxylic acids is 1. The highest BCUT2D eigenvalue weighted by atomic mass is 127. The zero-order valence-corrected chi connectivity index (χ0v) is 13.0. The highest BCUT2D eigenvalue weighted by Gasteiger charge is 2.09. The second kappa shape index (κ2) is 5.79. The third-order valence-electron chi connectivity index (χ3n) is 2.65. The first-order valence-corrected chi connectivity index (χ1v) is 6.99. The Balaban J connectivity index is 2.20. The van der Waals surface area contributed by atoms with Crippen LogP contribution in [0.25, 0.3) is 0 Å². The van der Waals surface area contributed by atoms with E-state index in [2.05, 4.69) is 27.9 Å². The number of hydrogen-bond donors (Lipinski definition) is 2. The SMILES string of the molecule is Cc1ccc(NC(=O)c2ccc(I)c(Cl)c2)cc1O. The molecule has 0 saturated heterocycles. The molecule has 0 atom stereocenters. The third kappa shape index (κ3) is 3.39. The van der Waals surface area contributed by atoms with Gasteiger partial charge in [-0.1, -0.05) is 17.7 Å². The van der Waals surface area contributed by atoms with Gasteiger partial charge in [0.2, 0.25) is 0 Å². The monoisotopic (exact) mass is 387 g/mol. The molecular formula is C14H11ClINO2. The summed E-state index contributed by atoms with van der Waals surface area (Å²) in [5.74, 6) is -0.111. The van der Waals surface area contributed by atoms with E-state index < -0.39 is 0 Å². The lowest BCUT2D eigenvalue weighted by molar-refractivity contribution is 0.102. The van der Waals surface area contributed by atoms with Crippen molar-refractivity contribution in [1.29, 1.82) is 0 Å². The van der Waals surface area contributed by atoms with Gasteiger partial charge in [-0.25, -0.2) is 0 Å². The van der Waals surface area contributed by atoms with E-state index in [0.29, 0.717) is 16.3 Å². The van der Waals surface area contributed by atoms with E-state index in [1.54, 1.807) is 37.3 Å². The largest absolute Gasteiger partial charge is 0.508 e. The lowest BCUT2D eigenvalue weighted by Crippen LogP contribution is -2.11. The van der Waals surface area contributed by atoms with Gasteiger partial charge < -0.3 is 10.4 Å². The molecule has 0 bridgehead atoms. The lowest BCUT2D eigenvalue weighted by atomic mass is 10.2. The van der Waals surface area contributed by atoms with Gasteiger partial charge in [-0.2, -0.15) is 0 Å². The fourth-order valence-corrected chi connectivity index (χ4v) is 2.04. The summed E-state index contributed by atoms with van der Waals surface area (Å²) in [6, 6.07) is 10.1. The maximum atomic E-state index is 12.0. The second-order valence-corrected chi connectivity index (χ2v) is 5.65. The van der Waals surface area contributed by atoms with E-state index in [4.69, 9.17) is 11.6 Å². The normalized spacial score (nSPS) is 10.3. The van der Waals surface area contributed by atoms with E-state index in [-0.39, 0.29) is 11.7 Å². The molecular weight excluding hydrogens is 377 g/mol. The van der Waals surface area contributed by atoms with Crippen LogP contribution in [0.4, 0.5) is 5.69 Å². The molecule has 98 valence electrons. The molecule has 0 aliphatic heterocycles. The molecule has 0 spiro atoms. The maximum absolute atomic E-state index is 12.0. The van der Waals surface area contributed by atoms with Crippen molar-refractivity contribution < 1.29 is 9.90 Å². The van der Waals surface area contributed by atoms with Crippen LogP contribution in [0.2, 0.25) is 5.02 Å². The van der Waals surface area contributed by atoms with Crippen LogP contribution < -0.4 is 5.32 Å². The Kier molecular flexibility index (Phi) is 4.31. The van der Waals surface area contributed by atoms with Gasteiger partial charge in [-0.05, 0) is 59.3 Å². The Morgan fingerprint density at radius 3 is 2.63 bits per heavy atom. The number of aromatic hydroxyl groups is 1. The Bertz CT molecular complexity index is 643. The Morgan fingerprint density at radius 2 is 2.00 bits per heavy atom. The summed E-state index contributed by atoms with van der Waals surface area (Å²) < 4.78 is 0.892. The predicted octanol–water partition coefficient (Wildman–Crippen LogP) is 4.21. The number of nitrogens with one attached hydrogen (secondary N) is 1. The molecule has 0 saturated carbocycles. The summed E-state index contributed by atoms with van der Waals surface area (Å²) in [6.45, 7) is 1.79. The summed E-state index contributed by atoms with van der Waals surface area (Å²) in [5, 5.41) is 12.8. The fraction of sp³-hybridized carbons (Fsp3) is 0.0714. The molecule has 0 aliphatic rings. The molecule has 0 unspecified atom stereocenters. The number of hydrogen-bond acceptors (Lipinski definition) is 2. The summed E-state index contributed by atoms with van der Waals surface area (Å²) in [7, 11) is 0. The Morgan fingerprint density at radius 1 is 1.26 bits per heavy atom. The number of carbonyl (C=O) groups is 1. The fourth-order valence-electron chi connectivity index (χ4n) is 1.53. The standard InChI is InChI=1S/C14H11ClINO2/c1-8-2-4-10(7-13(8)18)17-14(19)9-3-5-12(16)11(15)6-9/h2-7,18H,1H3,(H,17,19). The molecule has 19 heavy (non-hydrogen) atoms. The summed E-state index contributed by atoms with van der Waals surface area (Å²) in [4.78, 5) is 12.0. The topological polar surface area (TPSA) is 49.3 Å². The molecule has 1 amide bonds. The van der Waals surface area contributed by atoms with Gasteiger partial charge in [0, 0.05) is 20.9 Å². The summed E-state index contributed by atoms with van der Waals surface area (Å²) in [5.41, 5.74) is 1.78. The van der Waals surface area contributed by atoms with E-state index >= 15 is 0 Å². The van der Waals surface area contributed by atoms with Crippen LogP contribution in [0, 0.1) is 10.5 Å². The zero-order valence-electron chi connectivity index (χ0n) is 10.1. The van der Waals surface area contributed by atoms with Crippen molar-refractivity contribution in [1.82, 2.24) is 0 Å². The van der Waals surface area contributed by atoms with Gasteiger partial charge in [0.25, 0.3) is 5.91 Å². The minimum Gasteiger partial charge on any atom is -0.508 e. The van der Waals surface area contributed by atoms with Crippen molar-refractivity contribution >= 4 is 45.8 Å². The minimum absolute atomic E-state index is 0.151. The van der Waals surface area contributed by atoms with Gasteiger partial charge in [0.15, 0.2) is 0 Å². The van der Waals surface area contributed by atoms with Crippen molar-refractivity contribution in [2.45, 2.75) is 6.92 Å². The number of aryl methyl sites for hydroxylation is 1. The van der Waals surface area contributed by atoms with Crippen LogP contribution in [0.5, 0.6) is 5.75 Å². The van der Waals surface area contributed by atoms with Crippen molar-refractivity contribution in [3.05, 3.63) is 56.1 Å². The molecule has 5 heteroatoms. The first-order valence-electron chi connectivity index (χ1n) is 5.53. The van der Waals surface area contributed by atoms with E-state index in [1.165, 1.54) is 6.07 Å². The van der Waals surface area contributed by atoms with Crippen molar-refractivity contribution in [3.63, 3.8) is 0 Å². The minimum atomic E-state index is -0.262. The molecule has 2 aromatic rings. The Hall–Kier alpha value is -1.27. The number of phenols is 1. The summed E-state index contributed by atoms with van der Waals surface area (Å²) >= 11 is 8.08. The van der Waals surface area contributed by atoms with Gasteiger partial charge in [0.1, 0.15) is 5.75 Å². The number of anilines is 1. The molecule has 2 N–H and O–H groups in total. The van der Waals surface area contributed by atoms with Crippen LogP contribution >= 0.6 is 34.2 Å². The van der Waals surface area contributed by atoms with Crippen molar-refractivity contribution in [2.75, 3.05) is 5.32 Å². The van der Waals surface area contributed by atoms with Crippen LogP contribution in [-0.4, -0.2) is 11.0 Å². The maximum Gasteiger partial charge on any atom is 0.255 e. The number of rotatable bonds is 2.